The van der Waals surface area contributed by atoms with E-state index in [1.54, 1.807) is 7.11 Å². The Morgan fingerprint density at radius 2 is 2.11 bits per heavy atom. The Labute approximate surface area is 119 Å². The molecule has 2 N–H and O–H groups in total. The van der Waals surface area contributed by atoms with E-state index >= 15 is 0 Å². The van der Waals surface area contributed by atoms with Crippen molar-refractivity contribution in [2.45, 2.75) is 38.0 Å². The van der Waals surface area contributed by atoms with Gasteiger partial charge in [0.05, 0.1) is 13.2 Å². The van der Waals surface area contributed by atoms with Crippen LogP contribution in [0.25, 0.3) is 0 Å². The van der Waals surface area contributed by atoms with E-state index in [1.807, 2.05) is 43.0 Å². The molecule has 2 rings (SSSR count). The van der Waals surface area contributed by atoms with Gasteiger partial charge in [0, 0.05) is 17.8 Å². The van der Waals surface area contributed by atoms with Crippen molar-refractivity contribution in [3.05, 3.63) is 29.8 Å². The molecule has 3 atom stereocenters. The maximum atomic E-state index is 10.4. The SMILES string of the molecule is COc1ccc([C@H](O)[C@@H](C)N[C@H]2CCCSC2)cc1. The molecule has 106 valence electrons. The number of aliphatic hydroxyl groups is 1. The molecule has 0 saturated carbocycles. The minimum absolute atomic E-state index is 0.0668. The van der Waals surface area contributed by atoms with Crippen LogP contribution in [0.2, 0.25) is 0 Å². The molecule has 1 saturated heterocycles. The van der Waals surface area contributed by atoms with Crippen molar-refractivity contribution in [1.29, 1.82) is 0 Å². The maximum absolute atomic E-state index is 10.4. The molecule has 0 aliphatic carbocycles. The smallest absolute Gasteiger partial charge is 0.118 e. The summed E-state index contributed by atoms with van der Waals surface area (Å²) in [6.07, 6.45) is 2.01. The molecule has 0 spiro atoms. The van der Waals surface area contributed by atoms with Gasteiger partial charge >= 0.3 is 0 Å². The molecule has 0 aromatic heterocycles. The van der Waals surface area contributed by atoms with Crippen molar-refractivity contribution < 1.29 is 9.84 Å². The van der Waals surface area contributed by atoms with Gasteiger partial charge < -0.3 is 15.2 Å². The van der Waals surface area contributed by atoms with Gasteiger partial charge in [-0.3, -0.25) is 0 Å². The van der Waals surface area contributed by atoms with E-state index in [1.165, 1.54) is 18.6 Å². The molecule has 1 aliphatic rings. The first kappa shape index (κ1) is 14.7. The highest BCUT2D eigenvalue weighted by molar-refractivity contribution is 7.99. The van der Waals surface area contributed by atoms with E-state index in [4.69, 9.17) is 4.74 Å². The third kappa shape index (κ3) is 4.13. The summed E-state index contributed by atoms with van der Waals surface area (Å²) >= 11 is 2.00. The number of thioether (sulfide) groups is 1. The first-order chi connectivity index (χ1) is 9.20. The fraction of sp³-hybridized carbons (Fsp3) is 0.600. The molecule has 4 heteroatoms. The molecule has 3 nitrogen and oxygen atoms in total. The molecule has 1 aromatic rings. The lowest BCUT2D eigenvalue weighted by Crippen LogP contribution is -2.42. The van der Waals surface area contributed by atoms with Gasteiger partial charge in [-0.1, -0.05) is 12.1 Å². The van der Waals surface area contributed by atoms with Crippen LogP contribution >= 0.6 is 11.8 Å². The Morgan fingerprint density at radius 3 is 2.68 bits per heavy atom. The monoisotopic (exact) mass is 281 g/mol. The average Bonchev–Trinajstić information content (AvgIpc) is 2.47. The normalized spacial score (nSPS) is 22.8. The van der Waals surface area contributed by atoms with Crippen molar-refractivity contribution in [3.63, 3.8) is 0 Å². The molecular formula is C15H23NO2S. The fourth-order valence-electron chi connectivity index (χ4n) is 2.42. The van der Waals surface area contributed by atoms with Crippen LogP contribution in [0.5, 0.6) is 5.75 Å². The van der Waals surface area contributed by atoms with E-state index < -0.39 is 6.10 Å². The first-order valence-corrected chi connectivity index (χ1v) is 8.02. The Balaban J connectivity index is 1.91. The predicted octanol–water partition coefficient (Wildman–Crippen LogP) is 2.60. The zero-order chi connectivity index (χ0) is 13.7. The van der Waals surface area contributed by atoms with Gasteiger partial charge in [0.15, 0.2) is 0 Å². The van der Waals surface area contributed by atoms with Crippen LogP contribution in [0.15, 0.2) is 24.3 Å². The molecule has 0 amide bonds. The highest BCUT2D eigenvalue weighted by Gasteiger charge is 2.21. The van der Waals surface area contributed by atoms with Gasteiger partial charge in [0.2, 0.25) is 0 Å². The Kier molecular flexibility index (Phi) is 5.55. The summed E-state index contributed by atoms with van der Waals surface area (Å²) in [4.78, 5) is 0. The van der Waals surface area contributed by atoms with Gasteiger partial charge in [-0.15, -0.1) is 0 Å². The number of aliphatic hydroxyl groups excluding tert-OH is 1. The van der Waals surface area contributed by atoms with Crippen molar-refractivity contribution in [1.82, 2.24) is 5.32 Å². The molecule has 1 fully saturated rings. The Bertz CT molecular complexity index is 376. The lowest BCUT2D eigenvalue weighted by Gasteiger charge is -2.29. The number of hydrogen-bond acceptors (Lipinski definition) is 4. The van der Waals surface area contributed by atoms with Crippen molar-refractivity contribution in [3.8, 4) is 5.75 Å². The van der Waals surface area contributed by atoms with E-state index in [2.05, 4.69) is 5.32 Å². The number of hydrogen-bond donors (Lipinski definition) is 2. The molecule has 1 aliphatic heterocycles. The quantitative estimate of drug-likeness (QED) is 0.870. The average molecular weight is 281 g/mol. The minimum Gasteiger partial charge on any atom is -0.497 e. The largest absolute Gasteiger partial charge is 0.497 e. The molecular weight excluding hydrogens is 258 g/mol. The van der Waals surface area contributed by atoms with E-state index in [0.29, 0.717) is 6.04 Å². The van der Waals surface area contributed by atoms with Crippen molar-refractivity contribution in [2.75, 3.05) is 18.6 Å². The lowest BCUT2D eigenvalue weighted by atomic mass is 10.0. The minimum atomic E-state index is -0.474. The fourth-order valence-corrected chi connectivity index (χ4v) is 3.51. The second-order valence-corrected chi connectivity index (χ2v) is 6.24. The Morgan fingerprint density at radius 1 is 1.37 bits per heavy atom. The van der Waals surface area contributed by atoms with Crippen LogP contribution in [-0.4, -0.2) is 35.8 Å². The van der Waals surface area contributed by atoms with E-state index in [0.717, 1.165) is 17.1 Å². The summed E-state index contributed by atoms with van der Waals surface area (Å²) in [5.41, 5.74) is 0.935. The Hall–Kier alpha value is -0.710. The van der Waals surface area contributed by atoms with Crippen LogP contribution in [0.4, 0.5) is 0 Å². The van der Waals surface area contributed by atoms with Gasteiger partial charge in [-0.25, -0.2) is 0 Å². The standard InChI is InChI=1S/C15H23NO2S/c1-11(16-13-4-3-9-19-10-13)15(17)12-5-7-14(18-2)8-6-12/h5-8,11,13,15-17H,3-4,9-10H2,1-2H3/t11-,13+,15-/m1/s1. The van der Waals surface area contributed by atoms with Crippen LogP contribution in [0, 0.1) is 0 Å². The zero-order valence-corrected chi connectivity index (χ0v) is 12.5. The van der Waals surface area contributed by atoms with Crippen LogP contribution in [-0.2, 0) is 0 Å². The number of benzene rings is 1. The molecule has 0 bridgehead atoms. The third-order valence-electron chi connectivity index (χ3n) is 3.59. The van der Waals surface area contributed by atoms with E-state index in [-0.39, 0.29) is 6.04 Å². The van der Waals surface area contributed by atoms with Gasteiger partial charge in [-0.05, 0) is 43.2 Å². The molecule has 0 unspecified atom stereocenters. The summed E-state index contributed by atoms with van der Waals surface area (Å²) in [7, 11) is 1.65. The predicted molar refractivity (Wildman–Crippen MR) is 80.9 cm³/mol. The van der Waals surface area contributed by atoms with Crippen molar-refractivity contribution >= 4 is 11.8 Å². The number of methoxy groups -OCH3 is 1. The maximum Gasteiger partial charge on any atom is 0.118 e. The summed E-state index contributed by atoms with van der Waals surface area (Å²) in [5, 5.41) is 13.9. The summed E-state index contributed by atoms with van der Waals surface area (Å²) in [6.45, 7) is 2.05. The van der Waals surface area contributed by atoms with E-state index in [9.17, 15) is 5.11 Å². The van der Waals surface area contributed by atoms with Crippen molar-refractivity contribution in [2.24, 2.45) is 0 Å². The van der Waals surface area contributed by atoms with Crippen LogP contribution in [0.1, 0.15) is 31.4 Å². The van der Waals surface area contributed by atoms with Crippen LogP contribution in [0.3, 0.4) is 0 Å². The summed E-state index contributed by atoms with van der Waals surface area (Å²) in [6, 6.07) is 8.23. The third-order valence-corrected chi connectivity index (χ3v) is 4.81. The first-order valence-electron chi connectivity index (χ1n) is 6.86. The molecule has 0 radical (unpaired) electrons. The zero-order valence-electron chi connectivity index (χ0n) is 11.6. The number of nitrogens with one attached hydrogen (secondary N) is 1. The second-order valence-electron chi connectivity index (χ2n) is 5.09. The number of rotatable bonds is 5. The highest BCUT2D eigenvalue weighted by Crippen LogP contribution is 2.22. The molecule has 1 aromatic carbocycles. The molecule has 1 heterocycles. The molecule has 19 heavy (non-hydrogen) atoms. The van der Waals surface area contributed by atoms with Gasteiger partial charge in [0.25, 0.3) is 0 Å². The highest BCUT2D eigenvalue weighted by atomic mass is 32.2. The van der Waals surface area contributed by atoms with Gasteiger partial charge in [0.1, 0.15) is 5.75 Å². The van der Waals surface area contributed by atoms with Gasteiger partial charge in [-0.2, -0.15) is 11.8 Å². The summed E-state index contributed by atoms with van der Waals surface area (Å²) in [5.74, 6) is 3.24. The second kappa shape index (κ2) is 7.17. The van der Waals surface area contributed by atoms with Crippen LogP contribution < -0.4 is 10.1 Å². The topological polar surface area (TPSA) is 41.5 Å². The summed E-state index contributed by atoms with van der Waals surface area (Å²) < 4.78 is 5.13. The number of ether oxygens (including phenoxy) is 1. The lowest BCUT2D eigenvalue weighted by molar-refractivity contribution is 0.130.